The third kappa shape index (κ3) is 3.27. The molecule has 0 aliphatic carbocycles. The summed E-state index contributed by atoms with van der Waals surface area (Å²) in [6, 6.07) is 4.38. The zero-order valence-electron chi connectivity index (χ0n) is 10.6. The first-order chi connectivity index (χ1) is 7.75. The van der Waals surface area contributed by atoms with Gasteiger partial charge in [-0.25, -0.2) is 4.39 Å². The van der Waals surface area contributed by atoms with E-state index in [4.69, 9.17) is 11.6 Å². The Kier molecular flexibility index (Phi) is 4.28. The number of carbonyl (C=O) groups is 1. The van der Waals surface area contributed by atoms with E-state index in [0.29, 0.717) is 10.6 Å². The molecule has 0 saturated carbocycles. The van der Waals surface area contributed by atoms with Crippen LogP contribution < -0.4 is 0 Å². The number of Topliss-reactive ketones (excluding diaryl/α,β-unsaturated/α-hetero) is 1. The number of hydrogen-bond donors (Lipinski definition) is 0. The fourth-order valence-electron chi connectivity index (χ4n) is 1.30. The van der Waals surface area contributed by atoms with Gasteiger partial charge in [-0.15, -0.1) is 0 Å². The SMILES string of the molecule is CN(C)C(C)(C)C(=O)Cc1ccc(Cl)cc1F. The highest BCUT2D eigenvalue weighted by molar-refractivity contribution is 6.30. The van der Waals surface area contributed by atoms with Gasteiger partial charge in [-0.3, -0.25) is 9.69 Å². The number of carbonyl (C=O) groups excluding carboxylic acids is 1. The highest BCUT2D eigenvalue weighted by Gasteiger charge is 2.29. The summed E-state index contributed by atoms with van der Waals surface area (Å²) >= 11 is 5.66. The second-order valence-corrected chi connectivity index (χ2v) is 5.23. The average molecular weight is 258 g/mol. The Balaban J connectivity index is 2.89. The highest BCUT2D eigenvalue weighted by Crippen LogP contribution is 2.19. The van der Waals surface area contributed by atoms with Crippen molar-refractivity contribution in [2.45, 2.75) is 25.8 Å². The molecule has 0 fully saturated rings. The van der Waals surface area contributed by atoms with Crippen molar-refractivity contribution in [3.8, 4) is 0 Å². The summed E-state index contributed by atoms with van der Waals surface area (Å²) < 4.78 is 13.5. The molecule has 0 heterocycles. The second-order valence-electron chi connectivity index (χ2n) is 4.79. The highest BCUT2D eigenvalue weighted by atomic mass is 35.5. The lowest BCUT2D eigenvalue weighted by molar-refractivity contribution is -0.127. The molecule has 0 aliphatic heterocycles. The van der Waals surface area contributed by atoms with Crippen LogP contribution in [0.25, 0.3) is 0 Å². The van der Waals surface area contributed by atoms with E-state index in [1.807, 2.05) is 32.8 Å². The van der Waals surface area contributed by atoms with Gasteiger partial charge >= 0.3 is 0 Å². The number of ketones is 1. The Morgan fingerprint density at radius 3 is 2.47 bits per heavy atom. The maximum atomic E-state index is 13.5. The molecule has 0 saturated heterocycles. The van der Waals surface area contributed by atoms with Crippen molar-refractivity contribution >= 4 is 17.4 Å². The Labute approximate surface area is 106 Å². The summed E-state index contributed by atoms with van der Waals surface area (Å²) in [6.07, 6.45) is 0.0776. The van der Waals surface area contributed by atoms with E-state index in [-0.39, 0.29) is 12.2 Å². The number of benzene rings is 1. The Morgan fingerprint density at radius 2 is 2.00 bits per heavy atom. The van der Waals surface area contributed by atoms with Gasteiger partial charge in [0.25, 0.3) is 0 Å². The predicted octanol–water partition coefficient (Wildman–Crippen LogP) is 2.93. The van der Waals surface area contributed by atoms with Crippen LogP contribution in [0.2, 0.25) is 5.02 Å². The van der Waals surface area contributed by atoms with Crippen molar-refractivity contribution in [2.75, 3.05) is 14.1 Å². The van der Waals surface area contributed by atoms with Gasteiger partial charge in [-0.05, 0) is 45.6 Å². The van der Waals surface area contributed by atoms with Crippen LogP contribution in [0.3, 0.4) is 0 Å². The molecule has 17 heavy (non-hydrogen) atoms. The lowest BCUT2D eigenvalue weighted by Gasteiger charge is -2.31. The molecular formula is C13H17ClFNO. The van der Waals surface area contributed by atoms with Crippen molar-refractivity contribution in [1.29, 1.82) is 0 Å². The van der Waals surface area contributed by atoms with Crippen molar-refractivity contribution in [2.24, 2.45) is 0 Å². The molecule has 0 N–H and O–H groups in total. The fourth-order valence-corrected chi connectivity index (χ4v) is 1.46. The molecule has 0 radical (unpaired) electrons. The predicted molar refractivity (Wildman–Crippen MR) is 67.9 cm³/mol. The van der Waals surface area contributed by atoms with Crippen molar-refractivity contribution in [3.63, 3.8) is 0 Å². The molecule has 0 aliphatic rings. The van der Waals surface area contributed by atoms with E-state index in [0.717, 1.165) is 0 Å². The lowest BCUT2D eigenvalue weighted by Crippen LogP contribution is -2.46. The Bertz CT molecular complexity index is 429. The molecule has 94 valence electrons. The summed E-state index contributed by atoms with van der Waals surface area (Å²) in [6.45, 7) is 3.65. The number of halogens is 2. The van der Waals surface area contributed by atoms with E-state index < -0.39 is 11.4 Å². The quantitative estimate of drug-likeness (QED) is 0.827. The first-order valence-electron chi connectivity index (χ1n) is 5.40. The summed E-state index contributed by atoms with van der Waals surface area (Å²) in [5, 5.41) is 0.338. The zero-order chi connectivity index (χ0) is 13.2. The molecular weight excluding hydrogens is 241 g/mol. The van der Waals surface area contributed by atoms with Crippen molar-refractivity contribution in [1.82, 2.24) is 4.90 Å². The summed E-state index contributed by atoms with van der Waals surface area (Å²) in [5.41, 5.74) is -0.221. The van der Waals surface area contributed by atoms with Crippen LogP contribution in [0.1, 0.15) is 19.4 Å². The molecule has 4 heteroatoms. The maximum absolute atomic E-state index is 13.5. The summed E-state index contributed by atoms with van der Waals surface area (Å²) in [4.78, 5) is 13.9. The normalized spacial score (nSPS) is 11.9. The van der Waals surface area contributed by atoms with E-state index in [1.165, 1.54) is 6.07 Å². The largest absolute Gasteiger partial charge is 0.298 e. The van der Waals surface area contributed by atoms with Crippen molar-refractivity contribution < 1.29 is 9.18 Å². The Hall–Kier alpha value is -0.930. The zero-order valence-corrected chi connectivity index (χ0v) is 11.3. The topological polar surface area (TPSA) is 20.3 Å². The molecule has 0 atom stereocenters. The number of hydrogen-bond acceptors (Lipinski definition) is 2. The van der Waals surface area contributed by atoms with Gasteiger partial charge in [0, 0.05) is 11.4 Å². The first kappa shape index (κ1) is 14.1. The maximum Gasteiger partial charge on any atom is 0.156 e. The second kappa shape index (κ2) is 5.15. The van der Waals surface area contributed by atoms with E-state index >= 15 is 0 Å². The third-order valence-corrected chi connectivity index (χ3v) is 3.40. The van der Waals surface area contributed by atoms with Gasteiger partial charge in [-0.1, -0.05) is 17.7 Å². The van der Waals surface area contributed by atoms with Gasteiger partial charge in [0.05, 0.1) is 5.54 Å². The molecule has 0 unspecified atom stereocenters. The standard InChI is InChI=1S/C13H17ClFNO/c1-13(2,16(3)4)12(17)7-9-5-6-10(14)8-11(9)15/h5-6,8H,7H2,1-4H3. The van der Waals surface area contributed by atoms with Gasteiger partial charge in [0.15, 0.2) is 5.78 Å². The summed E-state index contributed by atoms with van der Waals surface area (Å²) in [5.74, 6) is -0.455. The molecule has 1 aromatic carbocycles. The van der Waals surface area contributed by atoms with E-state index in [1.54, 1.807) is 12.1 Å². The van der Waals surface area contributed by atoms with Crippen LogP contribution in [0.5, 0.6) is 0 Å². The van der Waals surface area contributed by atoms with Crippen LogP contribution >= 0.6 is 11.6 Å². The van der Waals surface area contributed by atoms with Crippen LogP contribution in [-0.4, -0.2) is 30.3 Å². The molecule has 0 bridgehead atoms. The van der Waals surface area contributed by atoms with Gasteiger partial charge in [0.2, 0.25) is 0 Å². The minimum absolute atomic E-state index is 0.0243. The molecule has 2 nitrogen and oxygen atoms in total. The van der Waals surface area contributed by atoms with Crippen LogP contribution in [0.4, 0.5) is 4.39 Å². The lowest BCUT2D eigenvalue weighted by atomic mass is 9.92. The van der Waals surface area contributed by atoms with Crippen molar-refractivity contribution in [3.05, 3.63) is 34.6 Å². The van der Waals surface area contributed by atoms with Crippen LogP contribution in [-0.2, 0) is 11.2 Å². The van der Waals surface area contributed by atoms with E-state index in [9.17, 15) is 9.18 Å². The van der Waals surface area contributed by atoms with Gasteiger partial charge < -0.3 is 0 Å². The molecule has 0 amide bonds. The number of nitrogens with zero attached hydrogens (tertiary/aromatic N) is 1. The van der Waals surface area contributed by atoms with Crippen LogP contribution in [0.15, 0.2) is 18.2 Å². The smallest absolute Gasteiger partial charge is 0.156 e. The number of likely N-dealkylation sites (N-methyl/N-ethyl adjacent to an activating group) is 1. The fraction of sp³-hybridized carbons (Fsp3) is 0.462. The molecule has 1 rings (SSSR count). The van der Waals surface area contributed by atoms with E-state index in [2.05, 4.69) is 0 Å². The summed E-state index contributed by atoms with van der Waals surface area (Å²) in [7, 11) is 3.66. The molecule has 0 spiro atoms. The Morgan fingerprint density at radius 1 is 1.41 bits per heavy atom. The monoisotopic (exact) mass is 257 g/mol. The first-order valence-corrected chi connectivity index (χ1v) is 5.77. The van der Waals surface area contributed by atoms with Gasteiger partial charge in [0.1, 0.15) is 5.82 Å². The molecule has 0 aromatic heterocycles. The minimum atomic E-state index is -0.605. The third-order valence-electron chi connectivity index (χ3n) is 3.17. The van der Waals surface area contributed by atoms with Gasteiger partial charge in [-0.2, -0.15) is 0 Å². The minimum Gasteiger partial charge on any atom is -0.298 e. The molecule has 1 aromatic rings. The average Bonchev–Trinajstić information content (AvgIpc) is 2.21. The van der Waals surface area contributed by atoms with Crippen LogP contribution in [0, 0.1) is 5.82 Å². The number of rotatable bonds is 4.